The summed E-state index contributed by atoms with van der Waals surface area (Å²) in [6.45, 7) is 4.11. The van der Waals surface area contributed by atoms with Crippen LogP contribution in [0.25, 0.3) is 11.0 Å². The molecule has 0 saturated carbocycles. The molecule has 1 heterocycles. The molecule has 0 fully saturated rings. The first-order chi connectivity index (χ1) is 14.5. The van der Waals surface area contributed by atoms with Crippen LogP contribution in [0.5, 0.6) is 0 Å². The third-order valence-electron chi connectivity index (χ3n) is 4.81. The molecule has 3 aromatic rings. The maximum absolute atomic E-state index is 12.2. The van der Waals surface area contributed by atoms with E-state index in [2.05, 4.69) is 29.3 Å². The van der Waals surface area contributed by atoms with Gasteiger partial charge in [-0.1, -0.05) is 30.3 Å². The first-order valence-corrected chi connectivity index (χ1v) is 10.3. The van der Waals surface area contributed by atoms with Crippen LogP contribution in [0.15, 0.2) is 64.0 Å². The Morgan fingerprint density at radius 2 is 1.87 bits per heavy atom. The summed E-state index contributed by atoms with van der Waals surface area (Å²) in [5, 5.41) is 4.45. The standard InChI is InChI=1S/C24H30N4O2/c1-5-25-24(28(4)17-21-16-19-10-6-7-12-22(19)30-21)26-14-13-18-9-8-11-20(15-18)23(29)27(2)3/h6-12,15-16H,5,13-14,17H2,1-4H3,(H,25,26). The molecule has 30 heavy (non-hydrogen) atoms. The van der Waals surface area contributed by atoms with Crippen molar-refractivity contribution < 1.29 is 9.21 Å². The van der Waals surface area contributed by atoms with E-state index in [1.165, 1.54) is 0 Å². The highest BCUT2D eigenvalue weighted by Crippen LogP contribution is 2.19. The Bertz CT molecular complexity index is 990. The van der Waals surface area contributed by atoms with E-state index in [1.54, 1.807) is 19.0 Å². The molecule has 1 N–H and O–H groups in total. The lowest BCUT2D eigenvalue weighted by Gasteiger charge is -2.21. The summed E-state index contributed by atoms with van der Waals surface area (Å²) in [6, 6.07) is 17.8. The third kappa shape index (κ3) is 5.41. The largest absolute Gasteiger partial charge is 0.459 e. The fraction of sp³-hybridized carbons (Fsp3) is 0.333. The van der Waals surface area contributed by atoms with Crippen LogP contribution in [0.2, 0.25) is 0 Å². The molecule has 0 aliphatic carbocycles. The zero-order valence-electron chi connectivity index (χ0n) is 18.2. The molecule has 6 nitrogen and oxygen atoms in total. The number of guanidine groups is 1. The highest BCUT2D eigenvalue weighted by Gasteiger charge is 2.11. The number of para-hydroxylation sites is 1. The lowest BCUT2D eigenvalue weighted by atomic mass is 10.1. The molecule has 0 saturated heterocycles. The van der Waals surface area contributed by atoms with Gasteiger partial charge in [-0.3, -0.25) is 9.79 Å². The fourth-order valence-corrected chi connectivity index (χ4v) is 3.30. The SMILES string of the molecule is CCNC(=NCCc1cccc(C(=O)N(C)C)c1)N(C)Cc1cc2ccccc2o1. The van der Waals surface area contributed by atoms with Gasteiger partial charge in [-0.15, -0.1) is 0 Å². The fourth-order valence-electron chi connectivity index (χ4n) is 3.30. The number of aliphatic imine (C=N–C) groups is 1. The van der Waals surface area contributed by atoms with Gasteiger partial charge in [0.05, 0.1) is 6.54 Å². The van der Waals surface area contributed by atoms with Crippen LogP contribution in [-0.4, -0.2) is 55.9 Å². The second-order valence-electron chi connectivity index (χ2n) is 7.49. The highest BCUT2D eigenvalue weighted by atomic mass is 16.3. The van der Waals surface area contributed by atoms with Gasteiger partial charge in [-0.25, -0.2) is 0 Å². The van der Waals surface area contributed by atoms with Crippen LogP contribution in [0, 0.1) is 0 Å². The van der Waals surface area contributed by atoms with Gasteiger partial charge >= 0.3 is 0 Å². The summed E-state index contributed by atoms with van der Waals surface area (Å²) in [5.41, 5.74) is 2.70. The average Bonchev–Trinajstić information content (AvgIpc) is 3.15. The molecule has 6 heteroatoms. The quantitative estimate of drug-likeness (QED) is 0.479. The molecule has 0 bridgehead atoms. The summed E-state index contributed by atoms with van der Waals surface area (Å²) < 4.78 is 5.94. The Morgan fingerprint density at radius 3 is 2.60 bits per heavy atom. The van der Waals surface area contributed by atoms with E-state index in [0.29, 0.717) is 18.7 Å². The molecule has 1 amide bonds. The van der Waals surface area contributed by atoms with Crippen LogP contribution >= 0.6 is 0 Å². The number of nitrogens with one attached hydrogen (secondary N) is 1. The van der Waals surface area contributed by atoms with Crippen LogP contribution in [0.4, 0.5) is 0 Å². The topological polar surface area (TPSA) is 61.1 Å². The average molecular weight is 407 g/mol. The number of hydrogen-bond acceptors (Lipinski definition) is 3. The van der Waals surface area contributed by atoms with Crippen molar-refractivity contribution in [2.45, 2.75) is 19.9 Å². The predicted octanol–water partition coefficient (Wildman–Crippen LogP) is 3.77. The minimum Gasteiger partial charge on any atom is -0.459 e. The lowest BCUT2D eigenvalue weighted by Crippen LogP contribution is -2.38. The normalized spacial score (nSPS) is 11.5. The van der Waals surface area contributed by atoms with Gasteiger partial charge < -0.3 is 19.5 Å². The van der Waals surface area contributed by atoms with Gasteiger partial charge in [0.15, 0.2) is 5.96 Å². The second-order valence-corrected chi connectivity index (χ2v) is 7.49. The van der Waals surface area contributed by atoms with E-state index in [9.17, 15) is 4.79 Å². The number of rotatable bonds is 7. The summed E-state index contributed by atoms with van der Waals surface area (Å²) in [7, 11) is 5.53. The molecule has 0 unspecified atom stereocenters. The van der Waals surface area contributed by atoms with Crippen LogP contribution < -0.4 is 5.32 Å². The molecule has 0 aliphatic rings. The molecule has 1 aromatic heterocycles. The molecule has 0 atom stereocenters. The molecule has 2 aromatic carbocycles. The number of carbonyl (C=O) groups excluding carboxylic acids is 1. The van der Waals surface area contributed by atoms with Crippen molar-refractivity contribution in [3.05, 3.63) is 71.5 Å². The smallest absolute Gasteiger partial charge is 0.253 e. The maximum Gasteiger partial charge on any atom is 0.253 e. The van der Waals surface area contributed by atoms with Crippen molar-refractivity contribution in [2.24, 2.45) is 4.99 Å². The summed E-state index contributed by atoms with van der Waals surface area (Å²) in [5.74, 6) is 1.75. The Morgan fingerprint density at radius 1 is 1.07 bits per heavy atom. The van der Waals surface area contributed by atoms with Crippen LogP contribution in [-0.2, 0) is 13.0 Å². The first kappa shape index (κ1) is 21.4. The van der Waals surface area contributed by atoms with E-state index in [1.807, 2.05) is 49.5 Å². The van der Waals surface area contributed by atoms with Crippen molar-refractivity contribution in [2.75, 3.05) is 34.2 Å². The number of benzene rings is 2. The number of hydrogen-bond donors (Lipinski definition) is 1. The molecular formula is C24H30N4O2. The van der Waals surface area contributed by atoms with Crippen molar-refractivity contribution in [1.29, 1.82) is 0 Å². The molecule has 0 spiro atoms. The minimum absolute atomic E-state index is 0.0132. The van der Waals surface area contributed by atoms with Crippen molar-refractivity contribution >= 4 is 22.8 Å². The Balaban J connectivity index is 1.65. The molecule has 158 valence electrons. The zero-order chi connectivity index (χ0) is 21.5. The molecule has 3 rings (SSSR count). The van der Waals surface area contributed by atoms with E-state index >= 15 is 0 Å². The molecule has 0 radical (unpaired) electrons. The zero-order valence-corrected chi connectivity index (χ0v) is 18.2. The minimum atomic E-state index is 0.0132. The molecule has 0 aliphatic heterocycles. The van der Waals surface area contributed by atoms with Gasteiger partial charge in [-0.05, 0) is 43.2 Å². The van der Waals surface area contributed by atoms with E-state index in [-0.39, 0.29) is 5.91 Å². The van der Waals surface area contributed by atoms with Gasteiger partial charge in [0.1, 0.15) is 11.3 Å². The Kier molecular flexibility index (Phi) is 7.12. The van der Waals surface area contributed by atoms with Gasteiger partial charge in [0.2, 0.25) is 0 Å². The Labute approximate surface area is 178 Å². The number of fused-ring (bicyclic) bond motifs is 1. The third-order valence-corrected chi connectivity index (χ3v) is 4.81. The summed E-state index contributed by atoms with van der Waals surface area (Å²) in [4.78, 5) is 20.6. The van der Waals surface area contributed by atoms with Gasteiger partial charge in [0.25, 0.3) is 5.91 Å². The number of amides is 1. The lowest BCUT2D eigenvalue weighted by molar-refractivity contribution is 0.0827. The van der Waals surface area contributed by atoms with E-state index in [0.717, 1.165) is 41.2 Å². The summed E-state index contributed by atoms with van der Waals surface area (Å²) in [6.07, 6.45) is 0.766. The first-order valence-electron chi connectivity index (χ1n) is 10.3. The number of furan rings is 1. The number of nitrogens with zero attached hydrogens (tertiary/aromatic N) is 3. The van der Waals surface area contributed by atoms with Crippen molar-refractivity contribution in [1.82, 2.24) is 15.1 Å². The number of carbonyl (C=O) groups is 1. The van der Waals surface area contributed by atoms with Crippen LogP contribution in [0.1, 0.15) is 28.6 Å². The van der Waals surface area contributed by atoms with Gasteiger partial charge in [-0.2, -0.15) is 0 Å². The molecular weight excluding hydrogens is 376 g/mol. The maximum atomic E-state index is 12.2. The van der Waals surface area contributed by atoms with Gasteiger partial charge in [0, 0.05) is 45.2 Å². The van der Waals surface area contributed by atoms with E-state index < -0.39 is 0 Å². The van der Waals surface area contributed by atoms with E-state index in [4.69, 9.17) is 9.41 Å². The highest BCUT2D eigenvalue weighted by molar-refractivity contribution is 5.94. The van der Waals surface area contributed by atoms with Crippen LogP contribution in [0.3, 0.4) is 0 Å². The summed E-state index contributed by atoms with van der Waals surface area (Å²) >= 11 is 0. The second kappa shape index (κ2) is 9.96. The predicted molar refractivity (Wildman–Crippen MR) is 122 cm³/mol. The van der Waals surface area contributed by atoms with Crippen molar-refractivity contribution in [3.8, 4) is 0 Å². The monoisotopic (exact) mass is 406 g/mol. The van der Waals surface area contributed by atoms with Crippen molar-refractivity contribution in [3.63, 3.8) is 0 Å². The Hall–Kier alpha value is -3.28.